The Kier molecular flexibility index (Phi) is 6.24. The van der Waals surface area contributed by atoms with Crippen molar-refractivity contribution in [2.24, 2.45) is 0 Å². The maximum atomic E-state index is 2.38. The number of nitrogens with zero attached hydrogens (tertiary/aromatic N) is 1. The minimum absolute atomic E-state index is 0.241. The standard InChI is InChI=1S/C27H33N/c1-6-20-27(4,5)24-16-12-22(13-17-24)23-14-18-26(19-15-23)28(21(2)3)25-10-8-7-9-11-25/h7-19,21H,6,20H2,1-5H3. The Morgan fingerprint density at radius 3 is 1.71 bits per heavy atom. The van der Waals surface area contributed by atoms with Gasteiger partial charge in [-0.1, -0.05) is 81.8 Å². The largest absolute Gasteiger partial charge is 0.339 e. The van der Waals surface area contributed by atoms with Gasteiger partial charge in [0.15, 0.2) is 0 Å². The minimum atomic E-state index is 0.241. The van der Waals surface area contributed by atoms with E-state index in [2.05, 4.69) is 118 Å². The van der Waals surface area contributed by atoms with Crippen molar-refractivity contribution in [2.45, 2.75) is 58.9 Å². The summed E-state index contributed by atoms with van der Waals surface area (Å²) in [5.74, 6) is 0. The summed E-state index contributed by atoms with van der Waals surface area (Å²) < 4.78 is 0. The van der Waals surface area contributed by atoms with Crippen molar-refractivity contribution in [3.05, 3.63) is 84.4 Å². The van der Waals surface area contributed by atoms with Crippen LogP contribution in [-0.2, 0) is 5.41 Å². The Morgan fingerprint density at radius 2 is 1.21 bits per heavy atom. The van der Waals surface area contributed by atoms with E-state index in [-0.39, 0.29) is 5.41 Å². The molecule has 0 aromatic heterocycles. The lowest BCUT2D eigenvalue weighted by Crippen LogP contribution is -2.25. The smallest absolute Gasteiger partial charge is 0.0413 e. The lowest BCUT2D eigenvalue weighted by atomic mass is 9.80. The van der Waals surface area contributed by atoms with Crippen molar-refractivity contribution in [3.63, 3.8) is 0 Å². The van der Waals surface area contributed by atoms with Gasteiger partial charge in [0, 0.05) is 17.4 Å². The third kappa shape index (κ3) is 4.47. The van der Waals surface area contributed by atoms with Crippen LogP contribution >= 0.6 is 0 Å². The topological polar surface area (TPSA) is 3.24 Å². The van der Waals surface area contributed by atoms with Crippen LogP contribution in [-0.4, -0.2) is 6.04 Å². The van der Waals surface area contributed by atoms with E-state index in [1.54, 1.807) is 0 Å². The zero-order chi connectivity index (χ0) is 20.1. The second kappa shape index (κ2) is 8.65. The average Bonchev–Trinajstić information content (AvgIpc) is 2.69. The van der Waals surface area contributed by atoms with E-state index in [1.165, 1.54) is 40.9 Å². The Hall–Kier alpha value is -2.54. The summed E-state index contributed by atoms with van der Waals surface area (Å²) in [7, 11) is 0. The summed E-state index contributed by atoms with van der Waals surface area (Å²) in [5, 5.41) is 0. The molecule has 0 heterocycles. The van der Waals surface area contributed by atoms with E-state index in [9.17, 15) is 0 Å². The number of rotatable bonds is 7. The van der Waals surface area contributed by atoms with Crippen LogP contribution in [0.5, 0.6) is 0 Å². The molecule has 28 heavy (non-hydrogen) atoms. The monoisotopic (exact) mass is 371 g/mol. The number of hydrogen-bond donors (Lipinski definition) is 0. The number of para-hydroxylation sites is 1. The molecule has 0 fully saturated rings. The molecule has 0 aliphatic rings. The maximum Gasteiger partial charge on any atom is 0.0413 e. The Morgan fingerprint density at radius 1 is 0.714 bits per heavy atom. The average molecular weight is 372 g/mol. The predicted molar refractivity (Wildman–Crippen MR) is 124 cm³/mol. The molecule has 0 aliphatic carbocycles. The Labute approximate surface area is 171 Å². The number of benzene rings is 3. The molecule has 0 unspecified atom stereocenters. The van der Waals surface area contributed by atoms with Crippen molar-refractivity contribution in [1.29, 1.82) is 0 Å². The van der Waals surface area contributed by atoms with Crippen molar-refractivity contribution >= 4 is 11.4 Å². The van der Waals surface area contributed by atoms with Gasteiger partial charge in [-0.3, -0.25) is 0 Å². The molecule has 0 spiro atoms. The zero-order valence-electron chi connectivity index (χ0n) is 17.9. The van der Waals surface area contributed by atoms with Gasteiger partial charge in [-0.2, -0.15) is 0 Å². The second-order valence-electron chi connectivity index (χ2n) is 8.56. The normalized spacial score (nSPS) is 11.6. The summed E-state index contributed by atoms with van der Waals surface area (Å²) in [6.07, 6.45) is 2.43. The molecular formula is C27H33N. The molecular weight excluding hydrogens is 338 g/mol. The fourth-order valence-corrected chi connectivity index (χ4v) is 4.03. The summed E-state index contributed by atoms with van der Waals surface area (Å²) in [4.78, 5) is 2.38. The summed E-state index contributed by atoms with van der Waals surface area (Å²) in [6, 6.07) is 29.1. The van der Waals surface area contributed by atoms with E-state index in [0.717, 1.165) is 0 Å². The van der Waals surface area contributed by atoms with E-state index >= 15 is 0 Å². The molecule has 0 radical (unpaired) electrons. The van der Waals surface area contributed by atoms with Crippen LogP contribution in [0.25, 0.3) is 11.1 Å². The molecule has 0 saturated carbocycles. The first-order valence-corrected chi connectivity index (χ1v) is 10.5. The van der Waals surface area contributed by atoms with Crippen LogP contribution in [0.3, 0.4) is 0 Å². The zero-order valence-corrected chi connectivity index (χ0v) is 17.9. The molecule has 1 nitrogen and oxygen atoms in total. The van der Waals surface area contributed by atoms with E-state index in [0.29, 0.717) is 6.04 Å². The molecule has 0 atom stereocenters. The summed E-state index contributed by atoms with van der Waals surface area (Å²) >= 11 is 0. The Balaban J connectivity index is 1.84. The number of hydrogen-bond acceptors (Lipinski definition) is 1. The van der Waals surface area contributed by atoms with Crippen molar-refractivity contribution < 1.29 is 0 Å². The quantitative estimate of drug-likeness (QED) is 0.407. The van der Waals surface area contributed by atoms with Gasteiger partial charge in [-0.25, -0.2) is 0 Å². The van der Waals surface area contributed by atoms with Crippen molar-refractivity contribution in [2.75, 3.05) is 4.90 Å². The first-order valence-electron chi connectivity index (χ1n) is 10.5. The third-order valence-electron chi connectivity index (χ3n) is 5.57. The van der Waals surface area contributed by atoms with Gasteiger partial charge in [0.2, 0.25) is 0 Å². The van der Waals surface area contributed by atoms with E-state index < -0.39 is 0 Å². The summed E-state index contributed by atoms with van der Waals surface area (Å²) in [5.41, 5.74) is 6.66. The fraction of sp³-hybridized carbons (Fsp3) is 0.333. The molecule has 3 aromatic rings. The number of anilines is 2. The summed E-state index contributed by atoms with van der Waals surface area (Å²) in [6.45, 7) is 11.4. The molecule has 3 aromatic carbocycles. The minimum Gasteiger partial charge on any atom is -0.339 e. The van der Waals surface area contributed by atoms with Gasteiger partial charge in [0.1, 0.15) is 0 Å². The molecule has 1 heteroatoms. The highest BCUT2D eigenvalue weighted by Crippen LogP contribution is 2.32. The van der Waals surface area contributed by atoms with Gasteiger partial charge in [0.25, 0.3) is 0 Å². The van der Waals surface area contributed by atoms with Crippen LogP contribution < -0.4 is 4.90 Å². The molecule has 0 aliphatic heterocycles. The van der Waals surface area contributed by atoms with Crippen LogP contribution in [0.4, 0.5) is 11.4 Å². The fourth-order valence-electron chi connectivity index (χ4n) is 4.03. The van der Waals surface area contributed by atoms with E-state index in [4.69, 9.17) is 0 Å². The second-order valence-corrected chi connectivity index (χ2v) is 8.56. The lowest BCUT2D eigenvalue weighted by molar-refractivity contribution is 0.473. The highest BCUT2D eigenvalue weighted by atomic mass is 15.2. The van der Waals surface area contributed by atoms with Gasteiger partial charge >= 0.3 is 0 Å². The molecule has 0 amide bonds. The van der Waals surface area contributed by atoms with Crippen LogP contribution in [0.2, 0.25) is 0 Å². The molecule has 0 saturated heterocycles. The molecule has 146 valence electrons. The molecule has 0 bridgehead atoms. The van der Waals surface area contributed by atoms with Gasteiger partial charge < -0.3 is 4.90 Å². The maximum absolute atomic E-state index is 2.38. The highest BCUT2D eigenvalue weighted by molar-refractivity contribution is 5.70. The SMILES string of the molecule is CCCC(C)(C)c1ccc(-c2ccc(N(c3ccccc3)C(C)C)cc2)cc1. The third-order valence-corrected chi connectivity index (χ3v) is 5.57. The highest BCUT2D eigenvalue weighted by Gasteiger charge is 2.19. The first kappa shape index (κ1) is 20.2. The van der Waals surface area contributed by atoms with Gasteiger partial charge in [0.05, 0.1) is 0 Å². The van der Waals surface area contributed by atoms with Crippen LogP contribution in [0.15, 0.2) is 78.9 Å². The first-order chi connectivity index (χ1) is 13.4. The van der Waals surface area contributed by atoms with Crippen molar-refractivity contribution in [1.82, 2.24) is 0 Å². The van der Waals surface area contributed by atoms with Crippen LogP contribution in [0, 0.1) is 0 Å². The van der Waals surface area contributed by atoms with Gasteiger partial charge in [-0.05, 0) is 66.6 Å². The van der Waals surface area contributed by atoms with Crippen LogP contribution in [0.1, 0.15) is 53.0 Å². The predicted octanol–water partition coefficient (Wildman–Crippen LogP) is 7.98. The molecule has 0 N–H and O–H groups in total. The lowest BCUT2D eigenvalue weighted by Gasteiger charge is -2.29. The van der Waals surface area contributed by atoms with Gasteiger partial charge in [-0.15, -0.1) is 0 Å². The van der Waals surface area contributed by atoms with E-state index in [1.807, 2.05) is 0 Å². The molecule has 3 rings (SSSR count). The Bertz CT molecular complexity index is 858. The van der Waals surface area contributed by atoms with Crippen molar-refractivity contribution in [3.8, 4) is 11.1 Å².